The van der Waals surface area contributed by atoms with E-state index in [1.54, 1.807) is 0 Å². The molecule has 0 aromatic heterocycles. The molecule has 0 rings (SSSR count). The molecule has 0 heterocycles. The first kappa shape index (κ1) is 13.5. The highest BCUT2D eigenvalue weighted by Crippen LogP contribution is 1.93. The highest BCUT2D eigenvalue weighted by molar-refractivity contribution is 4.42. The van der Waals surface area contributed by atoms with Gasteiger partial charge in [-0.15, -0.1) is 0 Å². The van der Waals surface area contributed by atoms with E-state index in [1.807, 2.05) is 0 Å². The normalized spacial score (nSPS) is 9.27. The van der Waals surface area contributed by atoms with Crippen molar-refractivity contribution in [3.8, 4) is 0 Å². The zero-order chi connectivity index (χ0) is 9.11. The minimum absolute atomic E-state index is 0.773. The van der Waals surface area contributed by atoms with Gasteiger partial charge in [0.25, 0.3) is 0 Å². The molecule has 0 saturated heterocycles. The van der Waals surface area contributed by atoms with E-state index in [1.165, 1.54) is 12.8 Å². The van der Waals surface area contributed by atoms with E-state index < -0.39 is 0 Å². The van der Waals surface area contributed by atoms with E-state index in [0.29, 0.717) is 0 Å². The molecule has 0 aromatic rings. The largest absolute Gasteiger partial charge is 0.330 e. The van der Waals surface area contributed by atoms with Crippen LogP contribution in [0.25, 0.3) is 0 Å². The minimum atomic E-state index is 0.773. The maximum absolute atomic E-state index is 5.23. The lowest BCUT2D eigenvalue weighted by molar-refractivity contribution is 0.596. The fourth-order valence-electron chi connectivity index (χ4n) is 0.537. The van der Waals surface area contributed by atoms with Gasteiger partial charge in [0.15, 0.2) is 0 Å². The molecule has 2 heteroatoms. The van der Waals surface area contributed by atoms with Crippen molar-refractivity contribution in [1.82, 2.24) is 0 Å². The van der Waals surface area contributed by atoms with Crippen LogP contribution in [-0.4, -0.2) is 13.1 Å². The Hall–Kier alpha value is -0.0800. The third kappa shape index (κ3) is 25.7. The van der Waals surface area contributed by atoms with E-state index in [9.17, 15) is 0 Å². The van der Waals surface area contributed by atoms with Crippen LogP contribution in [0, 0.1) is 5.92 Å². The molecule has 0 amide bonds. The molecule has 0 aliphatic carbocycles. The van der Waals surface area contributed by atoms with Crippen LogP contribution in [0.15, 0.2) is 0 Å². The van der Waals surface area contributed by atoms with Crippen LogP contribution in [0.2, 0.25) is 0 Å². The molecule has 0 unspecified atom stereocenters. The predicted molar refractivity (Wildman–Crippen MR) is 52.5 cm³/mol. The third-order valence-electron chi connectivity index (χ3n) is 1.30. The first-order valence-corrected chi connectivity index (χ1v) is 4.59. The highest BCUT2D eigenvalue weighted by Gasteiger charge is 1.85. The SMILES string of the molecule is CC(C)CCN.CCCCN. The lowest BCUT2D eigenvalue weighted by Crippen LogP contribution is -2.01. The van der Waals surface area contributed by atoms with E-state index in [0.717, 1.165) is 25.4 Å². The van der Waals surface area contributed by atoms with Crippen LogP contribution in [0.3, 0.4) is 0 Å². The maximum Gasteiger partial charge on any atom is -0.00748 e. The van der Waals surface area contributed by atoms with Crippen LogP contribution in [0.4, 0.5) is 0 Å². The molecule has 2 nitrogen and oxygen atoms in total. The van der Waals surface area contributed by atoms with Gasteiger partial charge in [0.2, 0.25) is 0 Å². The second kappa shape index (κ2) is 12.6. The lowest BCUT2D eigenvalue weighted by Gasteiger charge is -1.96. The van der Waals surface area contributed by atoms with Crippen LogP contribution in [0.1, 0.15) is 40.0 Å². The summed E-state index contributed by atoms with van der Waals surface area (Å²) in [6, 6.07) is 0. The van der Waals surface area contributed by atoms with Crippen molar-refractivity contribution in [2.75, 3.05) is 13.1 Å². The van der Waals surface area contributed by atoms with Crippen molar-refractivity contribution in [2.45, 2.75) is 40.0 Å². The summed E-state index contributed by atoms with van der Waals surface area (Å²) < 4.78 is 0. The summed E-state index contributed by atoms with van der Waals surface area (Å²) in [7, 11) is 0. The summed E-state index contributed by atoms with van der Waals surface area (Å²) in [5, 5.41) is 0. The van der Waals surface area contributed by atoms with Gasteiger partial charge in [-0.1, -0.05) is 27.2 Å². The smallest absolute Gasteiger partial charge is 0.00748 e. The van der Waals surface area contributed by atoms with Gasteiger partial charge in [0.1, 0.15) is 0 Å². The lowest BCUT2D eigenvalue weighted by atomic mass is 10.1. The number of hydrogen-bond acceptors (Lipinski definition) is 2. The molecule has 0 fully saturated rings. The van der Waals surface area contributed by atoms with Crippen molar-refractivity contribution in [3.05, 3.63) is 0 Å². The molecule has 0 aromatic carbocycles. The maximum atomic E-state index is 5.23. The quantitative estimate of drug-likeness (QED) is 0.658. The number of nitrogens with two attached hydrogens (primary N) is 2. The molecular formula is C9H24N2. The first-order chi connectivity index (χ1) is 5.18. The highest BCUT2D eigenvalue weighted by atomic mass is 14.5. The summed E-state index contributed by atoms with van der Waals surface area (Å²) in [6.07, 6.45) is 3.54. The van der Waals surface area contributed by atoms with E-state index in [2.05, 4.69) is 20.8 Å². The average molecular weight is 160 g/mol. The Morgan fingerprint density at radius 3 is 1.64 bits per heavy atom. The van der Waals surface area contributed by atoms with Gasteiger partial charge in [-0.25, -0.2) is 0 Å². The van der Waals surface area contributed by atoms with Crippen LogP contribution < -0.4 is 11.5 Å². The fraction of sp³-hybridized carbons (Fsp3) is 1.00. The fourth-order valence-corrected chi connectivity index (χ4v) is 0.537. The second-order valence-corrected chi connectivity index (χ2v) is 3.11. The number of rotatable bonds is 4. The van der Waals surface area contributed by atoms with Crippen molar-refractivity contribution in [3.63, 3.8) is 0 Å². The second-order valence-electron chi connectivity index (χ2n) is 3.11. The Labute approximate surface area is 71.3 Å². The molecule has 0 bridgehead atoms. The molecule has 70 valence electrons. The van der Waals surface area contributed by atoms with Crippen LogP contribution in [0.5, 0.6) is 0 Å². The van der Waals surface area contributed by atoms with Gasteiger partial charge in [0.05, 0.1) is 0 Å². The minimum Gasteiger partial charge on any atom is -0.330 e. The Kier molecular flexibility index (Phi) is 15.4. The van der Waals surface area contributed by atoms with Gasteiger partial charge in [-0.05, 0) is 31.8 Å². The molecule has 0 aliphatic heterocycles. The molecule has 0 spiro atoms. The van der Waals surface area contributed by atoms with E-state index in [-0.39, 0.29) is 0 Å². The molecule has 11 heavy (non-hydrogen) atoms. The molecule has 0 radical (unpaired) electrons. The first-order valence-electron chi connectivity index (χ1n) is 4.59. The van der Waals surface area contributed by atoms with Gasteiger partial charge >= 0.3 is 0 Å². The van der Waals surface area contributed by atoms with Gasteiger partial charge in [-0.2, -0.15) is 0 Å². The average Bonchev–Trinajstić information content (AvgIpc) is 1.90. The van der Waals surface area contributed by atoms with Crippen LogP contribution >= 0.6 is 0 Å². The van der Waals surface area contributed by atoms with Gasteiger partial charge in [0, 0.05) is 0 Å². The van der Waals surface area contributed by atoms with Crippen molar-refractivity contribution < 1.29 is 0 Å². The third-order valence-corrected chi connectivity index (χ3v) is 1.30. The van der Waals surface area contributed by atoms with Crippen molar-refractivity contribution in [2.24, 2.45) is 17.4 Å². The summed E-state index contributed by atoms with van der Waals surface area (Å²) in [5.74, 6) is 0.773. The molecular weight excluding hydrogens is 136 g/mol. The van der Waals surface area contributed by atoms with Crippen molar-refractivity contribution >= 4 is 0 Å². The molecule has 0 atom stereocenters. The standard InChI is InChI=1S/C5H13N.C4H11N/c1-5(2)3-4-6;1-2-3-4-5/h5H,3-4,6H2,1-2H3;2-5H2,1H3. The van der Waals surface area contributed by atoms with Crippen LogP contribution in [-0.2, 0) is 0 Å². The summed E-state index contributed by atoms with van der Waals surface area (Å²) in [5.41, 5.74) is 10.4. The van der Waals surface area contributed by atoms with Gasteiger partial charge < -0.3 is 11.5 Å². The Morgan fingerprint density at radius 1 is 1.09 bits per heavy atom. The Bertz CT molecular complexity index is 51.5. The molecule has 0 saturated carbocycles. The Morgan fingerprint density at radius 2 is 1.64 bits per heavy atom. The predicted octanol–water partition coefficient (Wildman–Crippen LogP) is 1.74. The number of hydrogen-bond donors (Lipinski definition) is 2. The monoisotopic (exact) mass is 160 g/mol. The number of unbranched alkanes of at least 4 members (excludes halogenated alkanes) is 1. The Balaban J connectivity index is 0. The van der Waals surface area contributed by atoms with E-state index >= 15 is 0 Å². The molecule has 4 N–H and O–H groups in total. The molecule has 0 aliphatic rings. The van der Waals surface area contributed by atoms with Gasteiger partial charge in [-0.3, -0.25) is 0 Å². The topological polar surface area (TPSA) is 52.0 Å². The zero-order valence-corrected chi connectivity index (χ0v) is 8.27. The van der Waals surface area contributed by atoms with Crippen molar-refractivity contribution in [1.29, 1.82) is 0 Å². The summed E-state index contributed by atoms with van der Waals surface area (Å²) in [6.45, 7) is 8.15. The summed E-state index contributed by atoms with van der Waals surface area (Å²) in [4.78, 5) is 0. The summed E-state index contributed by atoms with van der Waals surface area (Å²) >= 11 is 0. The van der Waals surface area contributed by atoms with E-state index in [4.69, 9.17) is 11.5 Å². The zero-order valence-electron chi connectivity index (χ0n) is 8.27.